The van der Waals surface area contributed by atoms with Crippen LogP contribution in [-0.4, -0.2) is 71.1 Å². The van der Waals surface area contributed by atoms with Crippen molar-refractivity contribution in [3.05, 3.63) is 12.4 Å². The van der Waals surface area contributed by atoms with E-state index in [1.807, 2.05) is 27.7 Å². The Labute approximate surface area is 209 Å². The molecule has 11 heteroatoms. The zero-order valence-electron chi connectivity index (χ0n) is 22.3. The van der Waals surface area contributed by atoms with E-state index in [9.17, 15) is 9.59 Å². The first-order chi connectivity index (χ1) is 16.2. The van der Waals surface area contributed by atoms with E-state index in [-0.39, 0.29) is 11.9 Å². The van der Waals surface area contributed by atoms with E-state index in [0.717, 1.165) is 31.3 Å². The van der Waals surface area contributed by atoms with E-state index in [4.69, 9.17) is 14.0 Å². The van der Waals surface area contributed by atoms with Crippen LogP contribution >= 0.6 is 0 Å². The van der Waals surface area contributed by atoms with Gasteiger partial charge in [-0.2, -0.15) is 0 Å². The highest BCUT2D eigenvalue weighted by atomic mass is 16.7. The smallest absolute Gasteiger partial charge is 0.444 e. The summed E-state index contributed by atoms with van der Waals surface area (Å²) in [7, 11) is -0.510. The zero-order valence-corrected chi connectivity index (χ0v) is 22.3. The fourth-order valence-corrected chi connectivity index (χ4v) is 3.98. The SMILES string of the molecule is C[C@@H](NC(=O)OC(C)(C)C)C(=O)NC[C@@H]1CCCCN1c1ncc(B2OC(C)(C)C(C)(C)O2)cn1. The van der Waals surface area contributed by atoms with Gasteiger partial charge in [0.25, 0.3) is 0 Å². The van der Waals surface area contributed by atoms with E-state index in [2.05, 4.69) is 25.5 Å². The van der Waals surface area contributed by atoms with Crippen LogP contribution in [0, 0.1) is 0 Å². The maximum Gasteiger partial charge on any atom is 0.498 e. The number of anilines is 1. The molecule has 2 aliphatic rings. The number of nitrogens with zero attached hydrogens (tertiary/aromatic N) is 3. The molecule has 1 aromatic heterocycles. The van der Waals surface area contributed by atoms with Crippen LogP contribution in [0.1, 0.15) is 74.7 Å². The summed E-state index contributed by atoms with van der Waals surface area (Å²) in [5.74, 6) is 0.350. The second-order valence-electron chi connectivity index (χ2n) is 11.4. The quantitative estimate of drug-likeness (QED) is 0.585. The molecule has 3 heterocycles. The number of piperidine rings is 1. The van der Waals surface area contributed by atoms with Gasteiger partial charge >= 0.3 is 13.2 Å². The summed E-state index contributed by atoms with van der Waals surface area (Å²) in [6.45, 7) is 16.3. The lowest BCUT2D eigenvalue weighted by molar-refractivity contribution is -0.122. The summed E-state index contributed by atoms with van der Waals surface area (Å²) in [4.78, 5) is 35.8. The second kappa shape index (κ2) is 10.3. The number of rotatable bonds is 6. The minimum Gasteiger partial charge on any atom is -0.444 e. The molecule has 10 nitrogen and oxygen atoms in total. The van der Waals surface area contributed by atoms with Crippen LogP contribution < -0.4 is 21.0 Å². The highest BCUT2D eigenvalue weighted by Gasteiger charge is 2.52. The molecule has 194 valence electrons. The molecular weight excluding hydrogens is 449 g/mol. The van der Waals surface area contributed by atoms with Crippen molar-refractivity contribution in [3.63, 3.8) is 0 Å². The molecule has 0 aromatic carbocycles. The number of nitrogens with one attached hydrogen (secondary N) is 2. The summed E-state index contributed by atoms with van der Waals surface area (Å²) in [6, 6.07) is -0.651. The van der Waals surface area contributed by atoms with Crippen molar-refractivity contribution >= 4 is 30.5 Å². The molecule has 2 saturated heterocycles. The lowest BCUT2D eigenvalue weighted by Gasteiger charge is -2.36. The van der Waals surface area contributed by atoms with Crippen LogP contribution in [0.5, 0.6) is 0 Å². The van der Waals surface area contributed by atoms with Crippen molar-refractivity contribution in [2.45, 2.75) is 104 Å². The van der Waals surface area contributed by atoms with Crippen molar-refractivity contribution in [1.82, 2.24) is 20.6 Å². The Morgan fingerprint density at radius 1 is 1.17 bits per heavy atom. The number of ether oxygens (including phenoxy) is 1. The first kappa shape index (κ1) is 27.2. The first-order valence-corrected chi connectivity index (χ1v) is 12.4. The number of hydrogen-bond acceptors (Lipinski definition) is 8. The van der Waals surface area contributed by atoms with Gasteiger partial charge in [0.15, 0.2) is 0 Å². The Kier molecular flexibility index (Phi) is 8.01. The minimum absolute atomic E-state index is 0.0594. The van der Waals surface area contributed by atoms with Crippen LogP contribution in [0.15, 0.2) is 12.4 Å². The van der Waals surface area contributed by atoms with Gasteiger partial charge in [0.2, 0.25) is 11.9 Å². The number of carbonyl (C=O) groups is 2. The third kappa shape index (κ3) is 6.85. The summed E-state index contributed by atoms with van der Waals surface area (Å²) in [6.07, 6.45) is 5.90. The van der Waals surface area contributed by atoms with Gasteiger partial charge in [0, 0.05) is 37.0 Å². The fraction of sp³-hybridized carbons (Fsp3) is 0.750. The topological polar surface area (TPSA) is 115 Å². The maximum atomic E-state index is 12.6. The zero-order chi connectivity index (χ0) is 26.0. The standard InChI is InChI=1S/C24H40BN5O5/c1-16(29-21(32)33-22(2,3)4)19(31)26-15-18-11-9-10-12-30(18)20-27-13-17(14-28-20)25-34-23(5,6)24(7,8)35-25/h13-14,16,18H,9-12,15H2,1-8H3,(H,26,31)(H,29,32)/t16-,18+/m1/s1. The van der Waals surface area contributed by atoms with Crippen LogP contribution in [0.25, 0.3) is 0 Å². The Bertz CT molecular complexity index is 887. The van der Waals surface area contributed by atoms with E-state index >= 15 is 0 Å². The lowest BCUT2D eigenvalue weighted by atomic mass is 9.81. The predicted octanol–water partition coefficient (Wildman–Crippen LogP) is 2.16. The van der Waals surface area contributed by atoms with Gasteiger partial charge in [-0.1, -0.05) is 0 Å². The van der Waals surface area contributed by atoms with Crippen molar-refractivity contribution in [2.24, 2.45) is 0 Å². The van der Waals surface area contributed by atoms with Crippen molar-refractivity contribution in [2.75, 3.05) is 18.0 Å². The molecule has 35 heavy (non-hydrogen) atoms. The highest BCUT2D eigenvalue weighted by Crippen LogP contribution is 2.36. The Balaban J connectivity index is 1.58. The van der Waals surface area contributed by atoms with Gasteiger partial charge in [-0.05, 0) is 74.7 Å². The van der Waals surface area contributed by atoms with Gasteiger partial charge in [-0.15, -0.1) is 0 Å². The average Bonchev–Trinajstić information content (AvgIpc) is 2.98. The van der Waals surface area contributed by atoms with E-state index in [1.54, 1.807) is 40.1 Å². The third-order valence-corrected chi connectivity index (χ3v) is 6.71. The van der Waals surface area contributed by atoms with Gasteiger partial charge in [0.05, 0.1) is 11.2 Å². The van der Waals surface area contributed by atoms with Crippen molar-refractivity contribution in [1.29, 1.82) is 0 Å². The number of carbonyl (C=O) groups excluding carboxylic acids is 2. The molecule has 0 bridgehead atoms. The van der Waals surface area contributed by atoms with Crippen molar-refractivity contribution in [3.8, 4) is 0 Å². The van der Waals surface area contributed by atoms with Gasteiger partial charge in [0.1, 0.15) is 11.6 Å². The average molecular weight is 489 g/mol. The number of amides is 2. The fourth-order valence-electron chi connectivity index (χ4n) is 3.98. The van der Waals surface area contributed by atoms with Gasteiger partial charge in [-0.3, -0.25) is 4.79 Å². The number of hydrogen-bond donors (Lipinski definition) is 2. The first-order valence-electron chi connectivity index (χ1n) is 12.4. The Hall–Kier alpha value is -2.40. The molecule has 0 aliphatic carbocycles. The molecule has 2 N–H and O–H groups in total. The maximum absolute atomic E-state index is 12.6. The van der Waals surface area contributed by atoms with Crippen LogP contribution in [-0.2, 0) is 18.8 Å². The number of alkyl carbamates (subject to hydrolysis) is 1. The van der Waals surface area contributed by atoms with Crippen LogP contribution in [0.3, 0.4) is 0 Å². The number of aromatic nitrogens is 2. The molecule has 0 saturated carbocycles. The van der Waals surface area contributed by atoms with E-state index < -0.39 is 36.1 Å². The van der Waals surface area contributed by atoms with Gasteiger partial charge in [-0.25, -0.2) is 14.8 Å². The van der Waals surface area contributed by atoms with E-state index in [1.165, 1.54) is 0 Å². The summed E-state index contributed by atoms with van der Waals surface area (Å²) in [5, 5.41) is 5.52. The summed E-state index contributed by atoms with van der Waals surface area (Å²) in [5.41, 5.74) is -0.707. The predicted molar refractivity (Wildman–Crippen MR) is 135 cm³/mol. The van der Waals surface area contributed by atoms with Gasteiger partial charge < -0.3 is 29.6 Å². The Morgan fingerprint density at radius 2 is 1.77 bits per heavy atom. The minimum atomic E-state index is -0.711. The lowest BCUT2D eigenvalue weighted by Crippen LogP contribution is -2.52. The molecule has 1 aromatic rings. The largest absolute Gasteiger partial charge is 0.498 e. The normalized spacial score (nSPS) is 22.5. The molecule has 3 rings (SSSR count). The third-order valence-electron chi connectivity index (χ3n) is 6.71. The molecule has 2 aliphatic heterocycles. The second-order valence-corrected chi connectivity index (χ2v) is 11.4. The van der Waals surface area contributed by atoms with Crippen LogP contribution in [0.4, 0.5) is 10.7 Å². The molecular formula is C24H40BN5O5. The molecule has 2 amide bonds. The monoisotopic (exact) mass is 489 g/mol. The molecule has 0 spiro atoms. The molecule has 2 atom stereocenters. The van der Waals surface area contributed by atoms with Crippen LogP contribution in [0.2, 0.25) is 0 Å². The molecule has 2 fully saturated rings. The molecule has 0 radical (unpaired) electrons. The summed E-state index contributed by atoms with van der Waals surface area (Å²) < 4.78 is 17.4. The van der Waals surface area contributed by atoms with Crippen molar-refractivity contribution < 1.29 is 23.6 Å². The molecule has 0 unspecified atom stereocenters. The Morgan fingerprint density at radius 3 is 2.34 bits per heavy atom. The summed E-state index contributed by atoms with van der Waals surface area (Å²) >= 11 is 0. The van der Waals surface area contributed by atoms with E-state index in [0.29, 0.717) is 12.5 Å². The highest BCUT2D eigenvalue weighted by molar-refractivity contribution is 6.61.